The number of nitrogens with one attached hydrogen (secondary N) is 1. The molecule has 0 fully saturated rings. The molecular formula is C17H9ClN4O4. The van der Waals surface area contributed by atoms with Crippen LogP contribution in [0.1, 0.15) is 0 Å². The molecule has 26 heavy (non-hydrogen) atoms. The number of aromatic nitrogens is 3. The van der Waals surface area contributed by atoms with Crippen LogP contribution < -0.4 is 11.2 Å². The molecule has 2 aliphatic rings. The molecule has 4 rings (SSSR count). The van der Waals surface area contributed by atoms with E-state index in [0.29, 0.717) is 16.1 Å². The van der Waals surface area contributed by atoms with Gasteiger partial charge in [-0.3, -0.25) is 24.5 Å². The summed E-state index contributed by atoms with van der Waals surface area (Å²) >= 11 is 5.93. The predicted octanol–water partition coefficient (Wildman–Crippen LogP) is 2.74. The number of H-pyrrole nitrogens is 1. The van der Waals surface area contributed by atoms with Crippen LogP contribution in [0.15, 0.2) is 58.1 Å². The topological polar surface area (TPSA) is 111 Å². The third-order valence-electron chi connectivity index (χ3n) is 3.98. The molecule has 0 saturated heterocycles. The van der Waals surface area contributed by atoms with Gasteiger partial charge in [-0.2, -0.15) is 4.98 Å². The normalized spacial score (nSPS) is 11.1. The molecular weight excluding hydrogens is 360 g/mol. The van der Waals surface area contributed by atoms with Crippen molar-refractivity contribution in [3.63, 3.8) is 0 Å². The van der Waals surface area contributed by atoms with Gasteiger partial charge in [0.05, 0.1) is 10.5 Å². The van der Waals surface area contributed by atoms with E-state index in [1.54, 1.807) is 30.3 Å². The molecule has 2 aromatic rings. The predicted molar refractivity (Wildman–Crippen MR) is 96.2 cm³/mol. The highest BCUT2D eigenvalue weighted by Crippen LogP contribution is 2.33. The van der Waals surface area contributed by atoms with Crippen molar-refractivity contribution in [1.82, 2.24) is 14.5 Å². The molecule has 0 aromatic heterocycles. The molecule has 0 radical (unpaired) electrons. The van der Waals surface area contributed by atoms with Crippen LogP contribution in [0.2, 0.25) is 5.02 Å². The Labute approximate surface area is 149 Å². The van der Waals surface area contributed by atoms with E-state index >= 15 is 0 Å². The first-order chi connectivity index (χ1) is 12.5. The number of non-ortho nitro benzene ring substituents is 1. The molecule has 0 atom stereocenters. The maximum Gasteiger partial charge on any atom is 0.349 e. The number of nitro groups is 1. The number of rotatable bonds is 2. The Morgan fingerprint density at radius 3 is 2.54 bits per heavy atom. The van der Waals surface area contributed by atoms with Gasteiger partial charge in [0.2, 0.25) is 0 Å². The number of hydrogen-bond acceptors (Lipinski definition) is 5. The van der Waals surface area contributed by atoms with E-state index in [1.807, 2.05) is 0 Å². The molecule has 0 amide bonds. The lowest BCUT2D eigenvalue weighted by atomic mass is 10.1. The highest BCUT2D eigenvalue weighted by molar-refractivity contribution is 6.30. The van der Waals surface area contributed by atoms with Crippen molar-refractivity contribution >= 4 is 28.2 Å². The van der Waals surface area contributed by atoms with Crippen LogP contribution in [-0.2, 0) is 0 Å². The van der Waals surface area contributed by atoms with Crippen LogP contribution in [0.4, 0.5) is 5.69 Å². The standard InChI is InChI=1S/C17H9ClN4O4/c18-10-4-6-11(7-5-10)21-14-9(2-1-3-13(14)22(25)26)8-12-15(21)19-17(24)20-16(12)23/h1-8H,(H,20,23,24). The smallest absolute Gasteiger partial charge is 0.287 e. The minimum absolute atomic E-state index is 0.0304. The third kappa shape index (κ3) is 2.44. The summed E-state index contributed by atoms with van der Waals surface area (Å²) in [5.74, 6) is 0.0304. The molecule has 9 heteroatoms. The Morgan fingerprint density at radius 1 is 1.12 bits per heavy atom. The lowest BCUT2D eigenvalue weighted by Gasteiger charge is -2.17. The molecule has 2 heterocycles. The lowest BCUT2D eigenvalue weighted by molar-refractivity contribution is -0.383. The fourth-order valence-electron chi connectivity index (χ4n) is 2.91. The van der Waals surface area contributed by atoms with Crippen LogP contribution in [-0.4, -0.2) is 19.5 Å². The molecule has 128 valence electrons. The van der Waals surface area contributed by atoms with E-state index in [1.165, 1.54) is 22.8 Å². The zero-order chi connectivity index (χ0) is 18.4. The summed E-state index contributed by atoms with van der Waals surface area (Å²) < 4.78 is 1.43. The van der Waals surface area contributed by atoms with Crippen molar-refractivity contribution in [1.29, 1.82) is 0 Å². The van der Waals surface area contributed by atoms with Crippen LogP contribution >= 0.6 is 11.6 Å². The summed E-state index contributed by atoms with van der Waals surface area (Å²) in [5.41, 5.74) is -0.762. The quantitative estimate of drug-likeness (QED) is 0.332. The summed E-state index contributed by atoms with van der Waals surface area (Å²) in [6.45, 7) is 0. The van der Waals surface area contributed by atoms with Crippen LogP contribution in [0.3, 0.4) is 0 Å². The van der Waals surface area contributed by atoms with Gasteiger partial charge < -0.3 is 0 Å². The molecule has 0 spiro atoms. The van der Waals surface area contributed by atoms with Crippen LogP contribution in [0.5, 0.6) is 0 Å². The molecule has 8 nitrogen and oxygen atoms in total. The lowest BCUT2D eigenvalue weighted by Crippen LogP contribution is -2.27. The number of aromatic amines is 1. The van der Waals surface area contributed by atoms with Gasteiger partial charge in [0.1, 0.15) is 5.52 Å². The van der Waals surface area contributed by atoms with Crippen molar-refractivity contribution in [2.75, 3.05) is 0 Å². The first-order valence-electron chi connectivity index (χ1n) is 7.45. The van der Waals surface area contributed by atoms with Gasteiger partial charge in [0.25, 0.3) is 11.2 Å². The van der Waals surface area contributed by atoms with Gasteiger partial charge in [-0.15, -0.1) is 0 Å². The fraction of sp³-hybridized carbons (Fsp3) is 0. The number of fused-ring (bicyclic) bond motifs is 2. The number of para-hydroxylation sites is 1. The van der Waals surface area contributed by atoms with E-state index in [0.717, 1.165) is 0 Å². The number of halogens is 1. The second kappa shape index (κ2) is 5.78. The molecule has 0 saturated carbocycles. The zero-order valence-corrected chi connectivity index (χ0v) is 13.7. The monoisotopic (exact) mass is 368 g/mol. The second-order valence-electron chi connectivity index (χ2n) is 5.54. The van der Waals surface area contributed by atoms with Crippen molar-refractivity contribution in [3.05, 3.63) is 84.5 Å². The number of nitrogens with zero attached hydrogens (tertiary/aromatic N) is 3. The molecule has 0 unspecified atom stereocenters. The number of benzene rings is 2. The maximum atomic E-state index is 12.2. The summed E-state index contributed by atoms with van der Waals surface area (Å²) in [4.78, 5) is 41.0. The summed E-state index contributed by atoms with van der Waals surface area (Å²) in [6, 6.07) is 12.5. The minimum atomic E-state index is -0.830. The third-order valence-corrected chi connectivity index (χ3v) is 4.23. The van der Waals surface area contributed by atoms with Crippen molar-refractivity contribution in [3.8, 4) is 17.1 Å². The highest BCUT2D eigenvalue weighted by Gasteiger charge is 2.23. The minimum Gasteiger partial charge on any atom is -0.287 e. The Balaban J connectivity index is 2.30. The van der Waals surface area contributed by atoms with Gasteiger partial charge in [-0.05, 0) is 30.3 Å². The van der Waals surface area contributed by atoms with E-state index in [-0.39, 0.29) is 22.6 Å². The Kier molecular flexibility index (Phi) is 3.55. The summed E-state index contributed by atoms with van der Waals surface area (Å²) in [6.07, 6.45) is 0. The highest BCUT2D eigenvalue weighted by atomic mass is 35.5. The number of nitro benzene ring substituents is 1. The average molecular weight is 369 g/mol. The van der Waals surface area contributed by atoms with Crippen molar-refractivity contribution in [2.24, 2.45) is 0 Å². The van der Waals surface area contributed by atoms with E-state index in [2.05, 4.69) is 9.97 Å². The van der Waals surface area contributed by atoms with E-state index < -0.39 is 16.2 Å². The molecule has 1 N–H and O–H groups in total. The van der Waals surface area contributed by atoms with Crippen molar-refractivity contribution in [2.45, 2.75) is 0 Å². The average Bonchev–Trinajstić information content (AvgIpc) is 2.60. The van der Waals surface area contributed by atoms with Gasteiger partial charge >= 0.3 is 5.69 Å². The SMILES string of the molecule is O=c1nc2n(-c3ccc(Cl)cc3)c3c([N+](=O)[O-])cccc3cc-2c(=O)[nH]1. The molecule has 2 aliphatic heterocycles. The van der Waals surface area contributed by atoms with E-state index in [4.69, 9.17) is 11.6 Å². The summed E-state index contributed by atoms with van der Waals surface area (Å²) in [5, 5.41) is 12.5. The Hall–Kier alpha value is -3.52. The Bertz CT molecular complexity index is 1260. The van der Waals surface area contributed by atoms with Crippen LogP contribution in [0.25, 0.3) is 28.0 Å². The van der Waals surface area contributed by atoms with Crippen LogP contribution in [0, 0.1) is 10.1 Å². The van der Waals surface area contributed by atoms with E-state index in [9.17, 15) is 19.7 Å². The first kappa shape index (κ1) is 16.0. The zero-order valence-electron chi connectivity index (χ0n) is 13.0. The molecule has 0 aliphatic carbocycles. The van der Waals surface area contributed by atoms with Gasteiger partial charge in [-0.1, -0.05) is 23.7 Å². The fourth-order valence-corrected chi connectivity index (χ4v) is 3.04. The molecule has 2 aromatic carbocycles. The number of pyridine rings is 1. The molecule has 0 bridgehead atoms. The second-order valence-corrected chi connectivity index (χ2v) is 5.97. The van der Waals surface area contributed by atoms with Crippen molar-refractivity contribution < 1.29 is 4.92 Å². The maximum absolute atomic E-state index is 12.2. The first-order valence-corrected chi connectivity index (χ1v) is 7.82. The largest absolute Gasteiger partial charge is 0.349 e. The summed E-state index contributed by atoms with van der Waals surface area (Å²) in [7, 11) is 0. The van der Waals surface area contributed by atoms with Gasteiger partial charge in [-0.25, -0.2) is 4.79 Å². The Morgan fingerprint density at radius 2 is 1.85 bits per heavy atom. The number of hydrogen-bond donors (Lipinski definition) is 1. The van der Waals surface area contributed by atoms with Gasteiger partial charge in [0, 0.05) is 22.2 Å². The van der Waals surface area contributed by atoms with Gasteiger partial charge in [0.15, 0.2) is 5.82 Å².